The number of aromatic nitrogens is 3. The van der Waals surface area contributed by atoms with E-state index in [-0.39, 0.29) is 11.1 Å². The molecule has 0 spiro atoms. The highest BCUT2D eigenvalue weighted by atomic mass is 31.2. The van der Waals surface area contributed by atoms with Gasteiger partial charge in [-0.25, -0.2) is 9.48 Å². The van der Waals surface area contributed by atoms with Gasteiger partial charge in [0.1, 0.15) is 18.2 Å². The van der Waals surface area contributed by atoms with Gasteiger partial charge < -0.3 is 15.0 Å². The third kappa shape index (κ3) is 5.95. The van der Waals surface area contributed by atoms with Crippen LogP contribution in [0.3, 0.4) is 0 Å². The van der Waals surface area contributed by atoms with Gasteiger partial charge in [-0.1, -0.05) is 47.7 Å². The molecule has 1 atom stereocenters. The van der Waals surface area contributed by atoms with Crippen molar-refractivity contribution in [1.82, 2.24) is 20.3 Å². The van der Waals surface area contributed by atoms with E-state index in [0.717, 1.165) is 23.3 Å². The van der Waals surface area contributed by atoms with Crippen molar-refractivity contribution in [1.29, 1.82) is 0 Å². The van der Waals surface area contributed by atoms with E-state index in [1.165, 1.54) is 28.9 Å². The van der Waals surface area contributed by atoms with Gasteiger partial charge in [-0.05, 0) is 97.8 Å². The molecule has 1 aliphatic rings. The molecule has 0 saturated heterocycles. The molecular weight excluding hydrogens is 616 g/mol. The molecule has 0 aliphatic heterocycles. The molecular formula is C34H30F3N4O4P. The van der Waals surface area contributed by atoms with Crippen LogP contribution in [0.4, 0.5) is 13.2 Å². The van der Waals surface area contributed by atoms with Crippen molar-refractivity contribution >= 4 is 35.4 Å². The minimum absolute atomic E-state index is 0.137. The Morgan fingerprint density at radius 2 is 1.63 bits per heavy atom. The van der Waals surface area contributed by atoms with Crippen molar-refractivity contribution in [2.45, 2.75) is 37.5 Å². The van der Waals surface area contributed by atoms with Crippen LogP contribution in [0.25, 0.3) is 22.2 Å². The van der Waals surface area contributed by atoms with Gasteiger partial charge in [-0.2, -0.15) is 13.2 Å². The molecule has 1 amide bonds. The quantitative estimate of drug-likeness (QED) is 0.174. The fourth-order valence-corrected chi connectivity index (χ4v) is 6.52. The number of carbonyl (C=O) groups excluding carboxylic acids is 1. The number of alkyl halides is 3. The minimum atomic E-state index is -4.48. The van der Waals surface area contributed by atoms with Gasteiger partial charge in [0.15, 0.2) is 0 Å². The van der Waals surface area contributed by atoms with Crippen LogP contribution in [0.15, 0.2) is 84.9 Å². The number of benzene rings is 4. The highest BCUT2D eigenvalue weighted by Crippen LogP contribution is 2.46. The molecule has 46 heavy (non-hydrogen) atoms. The first-order valence-corrected chi connectivity index (χ1v) is 17.1. The molecule has 236 valence electrons. The molecule has 1 heterocycles. The SMILES string of the molecule is C[C@H](c1ccc(C(F)(F)F)cc1)n1nnc2cc(-c3cccc(P(C)(C)=O)c3)cc(C(=O)NC3(c4ccc(C(=O)O)cc4)CC3)c21. The van der Waals surface area contributed by atoms with E-state index >= 15 is 0 Å². The van der Waals surface area contributed by atoms with Crippen LogP contribution in [0.2, 0.25) is 0 Å². The Bertz CT molecular complexity index is 2030. The maximum atomic E-state index is 14.2. The number of rotatable bonds is 8. The normalized spacial score (nSPS) is 15.0. The summed E-state index contributed by atoms with van der Waals surface area (Å²) >= 11 is 0. The number of carboxylic acids is 1. The molecule has 1 fully saturated rings. The second kappa shape index (κ2) is 11.2. The highest BCUT2D eigenvalue weighted by Gasteiger charge is 2.46. The van der Waals surface area contributed by atoms with Crippen LogP contribution in [0, 0.1) is 0 Å². The van der Waals surface area contributed by atoms with Gasteiger partial charge in [-0.3, -0.25) is 4.79 Å². The zero-order valence-electron chi connectivity index (χ0n) is 25.2. The standard InChI is InChI=1S/C34H30F3N4O4P/c1-20(21-7-13-26(14-8-21)34(35,36)37)41-30-28(31(42)38-33(15-16-33)25-11-9-22(10-12-25)32(43)44)18-24(19-29(30)39-40-41)23-5-4-6-27(17-23)46(2,3)45/h4-14,17-20H,15-16H2,1-3H3,(H,38,42)(H,43,44)/t20-/m1/s1. The van der Waals surface area contributed by atoms with Gasteiger partial charge in [0.25, 0.3) is 5.91 Å². The second-order valence-electron chi connectivity index (χ2n) is 12.0. The average molecular weight is 647 g/mol. The smallest absolute Gasteiger partial charge is 0.416 e. The first-order chi connectivity index (χ1) is 21.7. The molecule has 1 aromatic heterocycles. The average Bonchev–Trinajstić information content (AvgIpc) is 3.68. The lowest BCUT2D eigenvalue weighted by Crippen LogP contribution is -2.35. The number of halogens is 3. The summed E-state index contributed by atoms with van der Waals surface area (Å²) in [5, 5.41) is 21.8. The third-order valence-corrected chi connectivity index (χ3v) is 10.0. The number of nitrogens with zero attached hydrogens (tertiary/aromatic N) is 3. The van der Waals surface area contributed by atoms with E-state index in [1.54, 1.807) is 56.7 Å². The molecule has 8 nitrogen and oxygen atoms in total. The Hall–Kier alpha value is -4.76. The largest absolute Gasteiger partial charge is 0.478 e. The number of carboxylic acid groups (broad SMARTS) is 1. The number of carbonyl (C=O) groups is 2. The van der Waals surface area contributed by atoms with Crippen molar-refractivity contribution in [2.75, 3.05) is 13.3 Å². The molecule has 1 aliphatic carbocycles. The van der Waals surface area contributed by atoms with Crippen LogP contribution >= 0.6 is 7.14 Å². The molecule has 2 N–H and O–H groups in total. The van der Waals surface area contributed by atoms with Crippen LogP contribution in [0.1, 0.15) is 63.2 Å². The van der Waals surface area contributed by atoms with E-state index in [9.17, 15) is 32.4 Å². The second-order valence-corrected chi connectivity index (χ2v) is 15.3. The molecule has 5 aromatic rings. The number of aromatic carboxylic acids is 1. The lowest BCUT2D eigenvalue weighted by atomic mass is 9.99. The van der Waals surface area contributed by atoms with E-state index in [2.05, 4.69) is 15.6 Å². The third-order valence-electron chi connectivity index (χ3n) is 8.49. The highest BCUT2D eigenvalue weighted by molar-refractivity contribution is 7.70. The molecule has 4 aromatic carbocycles. The predicted octanol–water partition coefficient (Wildman–Crippen LogP) is 7.09. The lowest BCUT2D eigenvalue weighted by molar-refractivity contribution is -0.137. The van der Waals surface area contributed by atoms with Crippen molar-refractivity contribution in [3.8, 4) is 11.1 Å². The summed E-state index contributed by atoms with van der Waals surface area (Å²) in [6.07, 6.45) is -3.17. The Morgan fingerprint density at radius 3 is 2.22 bits per heavy atom. The Kier molecular flexibility index (Phi) is 7.63. The van der Waals surface area contributed by atoms with Gasteiger partial charge in [0, 0.05) is 5.30 Å². The maximum Gasteiger partial charge on any atom is 0.416 e. The van der Waals surface area contributed by atoms with Gasteiger partial charge in [0.05, 0.1) is 28.3 Å². The maximum absolute atomic E-state index is 14.2. The van der Waals surface area contributed by atoms with Crippen molar-refractivity contribution < 1.29 is 32.4 Å². The summed E-state index contributed by atoms with van der Waals surface area (Å²) in [7, 11) is -2.58. The molecule has 1 saturated carbocycles. The van der Waals surface area contributed by atoms with Crippen LogP contribution in [-0.2, 0) is 16.3 Å². The topological polar surface area (TPSA) is 114 Å². The van der Waals surface area contributed by atoms with E-state index in [4.69, 9.17) is 0 Å². The Morgan fingerprint density at radius 1 is 0.957 bits per heavy atom. The number of hydrogen-bond acceptors (Lipinski definition) is 5. The van der Waals surface area contributed by atoms with Gasteiger partial charge in [-0.15, -0.1) is 5.10 Å². The zero-order chi connectivity index (χ0) is 33.0. The summed E-state index contributed by atoms with van der Waals surface area (Å²) in [4.78, 5) is 25.6. The molecule has 12 heteroatoms. The van der Waals surface area contributed by atoms with E-state index < -0.39 is 42.3 Å². The van der Waals surface area contributed by atoms with Crippen molar-refractivity contribution in [3.05, 3.63) is 113 Å². The number of amides is 1. The number of hydrogen-bond donors (Lipinski definition) is 2. The summed E-state index contributed by atoms with van der Waals surface area (Å²) in [5.41, 5.74) is 2.44. The molecule has 0 radical (unpaired) electrons. The van der Waals surface area contributed by atoms with E-state index in [0.29, 0.717) is 40.3 Å². The fourth-order valence-electron chi connectivity index (χ4n) is 5.63. The van der Waals surface area contributed by atoms with E-state index in [1.807, 2.05) is 12.1 Å². The van der Waals surface area contributed by atoms with Crippen LogP contribution in [-0.4, -0.2) is 45.3 Å². The van der Waals surface area contributed by atoms with Crippen LogP contribution in [0.5, 0.6) is 0 Å². The molecule has 0 unspecified atom stereocenters. The fraction of sp³-hybridized carbons (Fsp3) is 0.235. The summed E-state index contributed by atoms with van der Waals surface area (Å²) < 4.78 is 54.0. The van der Waals surface area contributed by atoms with Crippen LogP contribution < -0.4 is 10.6 Å². The van der Waals surface area contributed by atoms with Crippen molar-refractivity contribution in [2.24, 2.45) is 0 Å². The number of nitrogens with one attached hydrogen (secondary N) is 1. The first kappa shape index (κ1) is 31.2. The van der Waals surface area contributed by atoms with Gasteiger partial charge in [0.2, 0.25) is 0 Å². The Balaban J connectivity index is 1.45. The number of fused-ring (bicyclic) bond motifs is 1. The van der Waals surface area contributed by atoms with Crippen molar-refractivity contribution in [3.63, 3.8) is 0 Å². The summed E-state index contributed by atoms with van der Waals surface area (Å²) in [5.74, 6) is -1.46. The molecule has 6 rings (SSSR count). The minimum Gasteiger partial charge on any atom is -0.478 e. The predicted molar refractivity (Wildman–Crippen MR) is 169 cm³/mol. The Labute approximate surface area is 262 Å². The summed E-state index contributed by atoms with van der Waals surface area (Å²) in [6.45, 7) is 5.13. The zero-order valence-corrected chi connectivity index (χ0v) is 26.1. The summed E-state index contributed by atoms with van der Waals surface area (Å²) in [6, 6.07) is 21.4. The van der Waals surface area contributed by atoms with Gasteiger partial charge >= 0.3 is 12.1 Å². The first-order valence-electron chi connectivity index (χ1n) is 14.5. The lowest BCUT2D eigenvalue weighted by Gasteiger charge is -2.20. The molecule has 0 bridgehead atoms. The monoisotopic (exact) mass is 646 g/mol.